The van der Waals surface area contributed by atoms with Crippen LogP contribution in [0.25, 0.3) is 20.8 Å². The molecule has 0 aromatic carbocycles. The fourth-order valence-corrected chi connectivity index (χ4v) is 5.08. The molecule has 0 unspecified atom stereocenters. The van der Waals surface area contributed by atoms with E-state index in [0.717, 1.165) is 32.2 Å². The Labute approximate surface area is 184 Å². The van der Waals surface area contributed by atoms with Gasteiger partial charge in [0.1, 0.15) is 22.4 Å². The van der Waals surface area contributed by atoms with Gasteiger partial charge >= 0.3 is 0 Å². The van der Waals surface area contributed by atoms with E-state index in [1.807, 2.05) is 33.8 Å². The van der Waals surface area contributed by atoms with Crippen molar-refractivity contribution in [2.75, 3.05) is 17.2 Å². The van der Waals surface area contributed by atoms with Gasteiger partial charge in [-0.05, 0) is 40.2 Å². The number of fused-ring (bicyclic) bond motifs is 1. The van der Waals surface area contributed by atoms with Crippen LogP contribution in [0.2, 0.25) is 0 Å². The quantitative estimate of drug-likeness (QED) is 0.387. The molecular weight excluding hydrogens is 416 g/mol. The van der Waals surface area contributed by atoms with Crippen LogP contribution in [0.15, 0.2) is 12.3 Å². The number of thiazole rings is 1. The maximum atomic E-state index is 10.5. The van der Waals surface area contributed by atoms with Crippen LogP contribution < -0.4 is 10.6 Å². The lowest BCUT2D eigenvalue weighted by Gasteiger charge is -2.21. The van der Waals surface area contributed by atoms with E-state index < -0.39 is 18.2 Å². The number of nitrogens with one attached hydrogen (secondary N) is 2. The summed E-state index contributed by atoms with van der Waals surface area (Å²) in [5.41, 5.74) is 3.20. The highest BCUT2D eigenvalue weighted by molar-refractivity contribution is 7.21. The van der Waals surface area contributed by atoms with E-state index in [4.69, 9.17) is 4.98 Å². The standard InChI is InChI=1S/C21H28N6O3S/c1-9(2)23-21-24-10(3)15(20-26-16-11(4)22-6-5-14(16)31-20)19(27-21)25-13-7-12(8-28)17(29)18(13)30/h5-6,9,12-13,17-18,28-30H,7-8H2,1-4H3,(H2,23,24,25,27)/t12-,13-,17-,18+/m1/s1. The first-order chi connectivity index (χ1) is 14.8. The van der Waals surface area contributed by atoms with Crippen LogP contribution in [-0.4, -0.2) is 66.2 Å². The van der Waals surface area contributed by atoms with Gasteiger partial charge in [0.15, 0.2) is 0 Å². The summed E-state index contributed by atoms with van der Waals surface area (Å²) in [6.45, 7) is 7.66. The van der Waals surface area contributed by atoms with E-state index in [0.29, 0.717) is 18.2 Å². The van der Waals surface area contributed by atoms with Crippen LogP contribution in [0.4, 0.5) is 11.8 Å². The van der Waals surface area contributed by atoms with Gasteiger partial charge in [-0.2, -0.15) is 4.98 Å². The van der Waals surface area contributed by atoms with E-state index in [1.165, 1.54) is 11.3 Å². The summed E-state index contributed by atoms with van der Waals surface area (Å²) in [5.74, 6) is 0.628. The minimum absolute atomic E-state index is 0.145. The van der Waals surface area contributed by atoms with Crippen molar-refractivity contribution in [1.82, 2.24) is 19.9 Å². The monoisotopic (exact) mass is 444 g/mol. The molecule has 166 valence electrons. The largest absolute Gasteiger partial charge is 0.396 e. The zero-order valence-corrected chi connectivity index (χ0v) is 18.8. The highest BCUT2D eigenvalue weighted by atomic mass is 32.1. The zero-order valence-electron chi connectivity index (χ0n) is 18.0. The Morgan fingerprint density at radius 2 is 1.90 bits per heavy atom. The first-order valence-corrected chi connectivity index (χ1v) is 11.2. The number of aromatic nitrogens is 4. The second-order valence-electron chi connectivity index (χ2n) is 8.33. The van der Waals surface area contributed by atoms with Crippen molar-refractivity contribution in [3.8, 4) is 10.6 Å². The normalized spacial score (nSPS) is 23.6. The number of hydrogen-bond acceptors (Lipinski definition) is 10. The second kappa shape index (κ2) is 8.62. The third-order valence-corrected chi connectivity index (χ3v) is 6.61. The lowest BCUT2D eigenvalue weighted by atomic mass is 10.1. The number of aliphatic hydroxyl groups is 3. The Hall–Kier alpha value is -2.40. The van der Waals surface area contributed by atoms with E-state index in [9.17, 15) is 15.3 Å². The predicted molar refractivity (Wildman–Crippen MR) is 121 cm³/mol. The van der Waals surface area contributed by atoms with Crippen molar-refractivity contribution < 1.29 is 15.3 Å². The van der Waals surface area contributed by atoms with Crippen molar-refractivity contribution >= 4 is 33.3 Å². The van der Waals surface area contributed by atoms with E-state index in [-0.39, 0.29) is 18.6 Å². The fourth-order valence-electron chi connectivity index (χ4n) is 3.97. The maximum Gasteiger partial charge on any atom is 0.225 e. The Balaban J connectivity index is 1.79. The molecule has 4 atom stereocenters. The fraction of sp³-hybridized carbons (Fsp3) is 0.524. The molecule has 3 heterocycles. The summed E-state index contributed by atoms with van der Waals surface area (Å²) in [4.78, 5) is 18.4. The van der Waals surface area contributed by atoms with Crippen LogP contribution >= 0.6 is 11.3 Å². The number of hydrogen-bond donors (Lipinski definition) is 5. The lowest BCUT2D eigenvalue weighted by molar-refractivity contribution is 0.00446. The summed E-state index contributed by atoms with van der Waals surface area (Å²) < 4.78 is 1.02. The molecule has 4 rings (SSSR count). The second-order valence-corrected chi connectivity index (χ2v) is 9.36. The van der Waals surface area contributed by atoms with Crippen molar-refractivity contribution in [2.24, 2.45) is 5.92 Å². The number of pyridine rings is 1. The molecule has 0 bridgehead atoms. The highest BCUT2D eigenvalue weighted by Crippen LogP contribution is 2.38. The lowest BCUT2D eigenvalue weighted by Crippen LogP contribution is -2.35. The highest BCUT2D eigenvalue weighted by Gasteiger charge is 2.41. The van der Waals surface area contributed by atoms with Gasteiger partial charge in [0, 0.05) is 24.8 Å². The number of anilines is 2. The molecule has 0 saturated heterocycles. The summed E-state index contributed by atoms with van der Waals surface area (Å²) >= 11 is 1.53. The summed E-state index contributed by atoms with van der Waals surface area (Å²) in [7, 11) is 0. The summed E-state index contributed by atoms with van der Waals surface area (Å²) in [5, 5.41) is 37.5. The first kappa shape index (κ1) is 21.8. The Morgan fingerprint density at radius 3 is 2.55 bits per heavy atom. The number of nitrogens with zero attached hydrogens (tertiary/aromatic N) is 4. The van der Waals surface area contributed by atoms with E-state index >= 15 is 0 Å². The Bertz CT molecular complexity index is 1090. The van der Waals surface area contributed by atoms with Crippen LogP contribution in [0.3, 0.4) is 0 Å². The molecule has 1 fully saturated rings. The van der Waals surface area contributed by atoms with Gasteiger partial charge in [-0.25, -0.2) is 9.97 Å². The molecule has 0 spiro atoms. The van der Waals surface area contributed by atoms with Crippen LogP contribution in [0.5, 0.6) is 0 Å². The van der Waals surface area contributed by atoms with Crippen molar-refractivity contribution in [2.45, 2.75) is 58.4 Å². The number of aryl methyl sites for hydroxylation is 2. The number of rotatable bonds is 6. The van der Waals surface area contributed by atoms with Gasteiger partial charge in [0.2, 0.25) is 5.95 Å². The van der Waals surface area contributed by atoms with Crippen molar-refractivity contribution in [1.29, 1.82) is 0 Å². The van der Waals surface area contributed by atoms with Crippen LogP contribution in [-0.2, 0) is 0 Å². The van der Waals surface area contributed by atoms with Crippen molar-refractivity contribution in [3.63, 3.8) is 0 Å². The molecule has 9 nitrogen and oxygen atoms in total. The van der Waals surface area contributed by atoms with Gasteiger partial charge in [-0.15, -0.1) is 11.3 Å². The molecule has 3 aromatic rings. The molecule has 1 aliphatic carbocycles. The number of aliphatic hydroxyl groups excluding tert-OH is 3. The van der Waals surface area contributed by atoms with E-state index in [2.05, 4.69) is 25.6 Å². The topological polar surface area (TPSA) is 136 Å². The molecule has 0 radical (unpaired) electrons. The minimum atomic E-state index is -1.01. The summed E-state index contributed by atoms with van der Waals surface area (Å²) in [6, 6.07) is 1.63. The van der Waals surface area contributed by atoms with Gasteiger partial charge in [-0.3, -0.25) is 4.98 Å². The van der Waals surface area contributed by atoms with Crippen LogP contribution in [0.1, 0.15) is 31.7 Å². The third kappa shape index (κ3) is 4.20. The Morgan fingerprint density at radius 1 is 1.13 bits per heavy atom. The average Bonchev–Trinajstić information content (AvgIpc) is 3.24. The molecule has 3 aromatic heterocycles. The average molecular weight is 445 g/mol. The SMILES string of the molecule is Cc1nc(NC(C)C)nc(N[C@@H]2C[C@H](CO)[C@@H](O)[C@H]2O)c1-c1nc2c(C)nccc2s1. The molecule has 0 amide bonds. The smallest absolute Gasteiger partial charge is 0.225 e. The summed E-state index contributed by atoms with van der Waals surface area (Å²) in [6.07, 6.45) is 0.196. The van der Waals surface area contributed by atoms with E-state index in [1.54, 1.807) is 6.20 Å². The minimum Gasteiger partial charge on any atom is -0.396 e. The van der Waals surface area contributed by atoms with Crippen LogP contribution in [0, 0.1) is 19.8 Å². The first-order valence-electron chi connectivity index (χ1n) is 10.4. The third-order valence-electron chi connectivity index (χ3n) is 5.57. The van der Waals surface area contributed by atoms with Crippen molar-refractivity contribution in [3.05, 3.63) is 23.7 Å². The van der Waals surface area contributed by atoms with Gasteiger partial charge in [0.25, 0.3) is 0 Å². The zero-order chi connectivity index (χ0) is 22.3. The molecule has 10 heteroatoms. The molecule has 5 N–H and O–H groups in total. The molecular formula is C21H28N6O3S. The van der Waals surface area contributed by atoms with Gasteiger partial charge in [0.05, 0.1) is 33.8 Å². The predicted octanol–water partition coefficient (Wildman–Crippen LogP) is 2.10. The van der Waals surface area contributed by atoms with Gasteiger partial charge < -0.3 is 26.0 Å². The molecule has 1 saturated carbocycles. The molecule has 1 aliphatic rings. The molecule has 0 aliphatic heterocycles. The molecule has 31 heavy (non-hydrogen) atoms. The maximum absolute atomic E-state index is 10.5. The Kier molecular flexibility index (Phi) is 6.07. The van der Waals surface area contributed by atoms with Gasteiger partial charge in [-0.1, -0.05) is 0 Å².